The van der Waals surface area contributed by atoms with Gasteiger partial charge in [0.05, 0.1) is 20.1 Å². The van der Waals surface area contributed by atoms with Crippen LogP contribution in [0.3, 0.4) is 0 Å². The van der Waals surface area contributed by atoms with Crippen molar-refractivity contribution < 1.29 is 23.9 Å². The van der Waals surface area contributed by atoms with Crippen LogP contribution in [0.4, 0.5) is 4.79 Å². The maximum atomic E-state index is 12.0. The van der Waals surface area contributed by atoms with Gasteiger partial charge in [-0.2, -0.15) is 0 Å². The van der Waals surface area contributed by atoms with E-state index in [0.29, 0.717) is 12.2 Å². The molecule has 0 radical (unpaired) electrons. The number of amides is 2. The van der Waals surface area contributed by atoms with Crippen LogP contribution in [-0.4, -0.2) is 40.6 Å². The number of benzene rings is 1. The number of methoxy groups -OCH3 is 1. The summed E-state index contributed by atoms with van der Waals surface area (Å²) in [5.41, 5.74) is 2.83. The zero-order valence-corrected chi connectivity index (χ0v) is 18.7. The molecule has 8 heteroatoms. The smallest absolute Gasteiger partial charge is 0.306 e. The molecule has 1 aromatic carbocycles. The van der Waals surface area contributed by atoms with E-state index in [1.165, 1.54) is 7.11 Å². The highest BCUT2D eigenvalue weighted by Gasteiger charge is 2.43. The third kappa shape index (κ3) is 5.85. The van der Waals surface area contributed by atoms with E-state index in [4.69, 9.17) is 9.47 Å². The Hall–Kier alpha value is -2.87. The fraction of sp³-hybridized carbons (Fsp3) is 0.391. The third-order valence-electron chi connectivity index (χ3n) is 5.24. The first kappa shape index (κ1) is 22.8. The topological polar surface area (TPSA) is 94.6 Å². The molecule has 1 unspecified atom stereocenters. The van der Waals surface area contributed by atoms with E-state index in [1.807, 2.05) is 42.6 Å². The van der Waals surface area contributed by atoms with Crippen LogP contribution < -0.4 is 10.1 Å². The van der Waals surface area contributed by atoms with Crippen LogP contribution in [0.15, 0.2) is 42.6 Å². The van der Waals surface area contributed by atoms with Gasteiger partial charge in [-0.3, -0.25) is 24.7 Å². The number of carbonyl (C=O) groups excluding carboxylic acids is 3. The highest BCUT2D eigenvalue weighted by atomic mass is 32.2. The molecular formula is C23H26N2O5S. The number of aryl methyl sites for hydroxylation is 1. The summed E-state index contributed by atoms with van der Waals surface area (Å²) in [7, 11) is 1.36. The van der Waals surface area contributed by atoms with Crippen molar-refractivity contribution in [1.29, 1.82) is 0 Å². The molecule has 1 aliphatic heterocycles. The Kier molecular flexibility index (Phi) is 7.33. The predicted molar refractivity (Wildman–Crippen MR) is 118 cm³/mol. The van der Waals surface area contributed by atoms with Gasteiger partial charge in [0.2, 0.25) is 5.91 Å². The quantitative estimate of drug-likeness (QED) is 0.592. The van der Waals surface area contributed by atoms with Crippen molar-refractivity contribution in [2.75, 3.05) is 13.7 Å². The van der Waals surface area contributed by atoms with E-state index < -0.39 is 4.75 Å². The van der Waals surface area contributed by atoms with Crippen LogP contribution in [0.1, 0.15) is 43.0 Å². The fourth-order valence-electron chi connectivity index (χ4n) is 3.33. The molecule has 1 saturated heterocycles. The standard InChI is InChI=1S/C23H26N2O5S/c1-4-15-7-10-19(24-13-15)17(11-20(26)29-3)14-30-18-8-5-16(6-9-18)12-23(2)21(27)25-22(28)31-23/h5-10,13,17H,4,11-12,14H2,1-3H3,(H,25,27,28)/t17-,23?/m0/s1. The molecule has 2 atom stereocenters. The summed E-state index contributed by atoms with van der Waals surface area (Å²) >= 11 is 1.02. The van der Waals surface area contributed by atoms with Gasteiger partial charge < -0.3 is 9.47 Å². The Morgan fingerprint density at radius 2 is 1.87 bits per heavy atom. The van der Waals surface area contributed by atoms with Crippen molar-refractivity contribution in [3.05, 3.63) is 59.4 Å². The lowest BCUT2D eigenvalue weighted by atomic mass is 9.99. The summed E-state index contributed by atoms with van der Waals surface area (Å²) in [5, 5.41) is 2.02. The Bertz CT molecular complexity index is 945. The first-order valence-corrected chi connectivity index (χ1v) is 10.9. The molecule has 164 valence electrons. The highest BCUT2D eigenvalue weighted by Crippen LogP contribution is 2.35. The zero-order chi connectivity index (χ0) is 22.4. The molecule has 1 aromatic heterocycles. The Labute approximate surface area is 185 Å². The second-order valence-electron chi connectivity index (χ2n) is 7.63. The molecule has 0 bridgehead atoms. The first-order chi connectivity index (χ1) is 14.8. The molecule has 31 heavy (non-hydrogen) atoms. The van der Waals surface area contributed by atoms with E-state index in [-0.39, 0.29) is 36.1 Å². The van der Waals surface area contributed by atoms with Gasteiger partial charge >= 0.3 is 5.97 Å². The molecular weight excluding hydrogens is 416 g/mol. The van der Waals surface area contributed by atoms with Crippen molar-refractivity contribution in [3.63, 3.8) is 0 Å². The number of hydrogen-bond donors (Lipinski definition) is 1. The SMILES string of the molecule is CCc1ccc([C@H](COc2ccc(CC3(C)SC(=O)NC3=O)cc2)CC(=O)OC)nc1. The summed E-state index contributed by atoms with van der Waals surface area (Å²) in [6, 6.07) is 11.3. The van der Waals surface area contributed by atoms with Gasteiger partial charge in [0.1, 0.15) is 10.5 Å². The van der Waals surface area contributed by atoms with E-state index in [9.17, 15) is 14.4 Å². The number of nitrogens with zero attached hydrogens (tertiary/aromatic N) is 1. The predicted octanol–water partition coefficient (Wildman–Crippen LogP) is 3.65. The molecule has 0 saturated carbocycles. The monoisotopic (exact) mass is 442 g/mol. The molecule has 1 fully saturated rings. The minimum Gasteiger partial charge on any atom is -0.493 e. The van der Waals surface area contributed by atoms with Crippen LogP contribution in [0, 0.1) is 0 Å². The number of hydrogen-bond acceptors (Lipinski definition) is 7. The molecule has 2 aromatic rings. The van der Waals surface area contributed by atoms with Crippen molar-refractivity contribution in [1.82, 2.24) is 10.3 Å². The van der Waals surface area contributed by atoms with Crippen LogP contribution in [-0.2, 0) is 27.2 Å². The molecule has 3 rings (SSSR count). The van der Waals surface area contributed by atoms with E-state index in [0.717, 1.165) is 35.0 Å². The lowest BCUT2D eigenvalue weighted by molar-refractivity contribution is -0.141. The number of nitrogens with one attached hydrogen (secondary N) is 1. The van der Waals surface area contributed by atoms with Crippen LogP contribution in [0.25, 0.3) is 0 Å². The summed E-state index contributed by atoms with van der Waals surface area (Å²) in [5.74, 6) is -0.175. The van der Waals surface area contributed by atoms with E-state index in [1.54, 1.807) is 6.92 Å². The summed E-state index contributed by atoms with van der Waals surface area (Å²) < 4.78 is 9.95. The Morgan fingerprint density at radius 3 is 2.42 bits per heavy atom. The second kappa shape index (κ2) is 9.96. The van der Waals surface area contributed by atoms with Crippen molar-refractivity contribution >= 4 is 28.9 Å². The van der Waals surface area contributed by atoms with Gasteiger partial charge in [-0.05, 0) is 60.9 Å². The number of imide groups is 1. The third-order valence-corrected chi connectivity index (χ3v) is 6.31. The first-order valence-electron chi connectivity index (χ1n) is 10.1. The van der Waals surface area contributed by atoms with Gasteiger partial charge in [0.25, 0.3) is 5.24 Å². The van der Waals surface area contributed by atoms with Gasteiger partial charge in [0, 0.05) is 17.8 Å². The Morgan fingerprint density at radius 1 is 1.16 bits per heavy atom. The molecule has 0 aliphatic carbocycles. The van der Waals surface area contributed by atoms with Crippen LogP contribution >= 0.6 is 11.8 Å². The highest BCUT2D eigenvalue weighted by molar-refractivity contribution is 8.16. The lowest BCUT2D eigenvalue weighted by Gasteiger charge is -2.19. The number of ether oxygens (including phenoxy) is 2. The summed E-state index contributed by atoms with van der Waals surface area (Å²) in [6.45, 7) is 4.10. The fourth-order valence-corrected chi connectivity index (χ4v) is 4.26. The molecule has 2 amide bonds. The molecule has 2 heterocycles. The number of aromatic nitrogens is 1. The average molecular weight is 443 g/mol. The van der Waals surface area contributed by atoms with Gasteiger partial charge in [-0.15, -0.1) is 0 Å². The molecule has 1 N–H and O–H groups in total. The van der Waals surface area contributed by atoms with Gasteiger partial charge in [-0.1, -0.05) is 25.1 Å². The zero-order valence-electron chi connectivity index (χ0n) is 17.8. The maximum Gasteiger partial charge on any atom is 0.306 e. The van der Waals surface area contributed by atoms with E-state index >= 15 is 0 Å². The average Bonchev–Trinajstić information content (AvgIpc) is 3.02. The molecule has 1 aliphatic rings. The Balaban J connectivity index is 1.64. The number of esters is 1. The molecule has 7 nitrogen and oxygen atoms in total. The minimum absolute atomic E-state index is 0.172. The summed E-state index contributed by atoms with van der Waals surface area (Å²) in [4.78, 5) is 39.8. The minimum atomic E-state index is -0.804. The molecule has 0 spiro atoms. The van der Waals surface area contributed by atoms with E-state index in [2.05, 4.69) is 17.2 Å². The lowest BCUT2D eigenvalue weighted by Crippen LogP contribution is -2.35. The number of rotatable bonds is 9. The van der Waals surface area contributed by atoms with Crippen LogP contribution in [0.5, 0.6) is 5.75 Å². The van der Waals surface area contributed by atoms with Gasteiger partial charge in [0.15, 0.2) is 0 Å². The largest absolute Gasteiger partial charge is 0.493 e. The van der Waals surface area contributed by atoms with Gasteiger partial charge in [-0.25, -0.2) is 0 Å². The van der Waals surface area contributed by atoms with Crippen molar-refractivity contribution in [3.8, 4) is 5.75 Å². The number of thioether (sulfide) groups is 1. The number of pyridine rings is 1. The second-order valence-corrected chi connectivity index (χ2v) is 9.10. The maximum absolute atomic E-state index is 12.0. The summed E-state index contributed by atoms with van der Waals surface area (Å²) in [6.07, 6.45) is 3.32. The normalized spacial score (nSPS) is 19.1. The van der Waals surface area contributed by atoms with Crippen molar-refractivity contribution in [2.45, 2.75) is 43.8 Å². The number of carbonyl (C=O) groups is 3. The van der Waals surface area contributed by atoms with Crippen molar-refractivity contribution in [2.24, 2.45) is 0 Å². The van der Waals surface area contributed by atoms with Crippen LogP contribution in [0.2, 0.25) is 0 Å².